The highest BCUT2D eigenvalue weighted by molar-refractivity contribution is 6.22. The number of nitrogens with zero attached hydrogens (tertiary/aromatic N) is 3. The first-order valence-electron chi connectivity index (χ1n) is 3.72. The molecule has 1 atom stereocenters. The number of aromatic nitrogens is 2. The molecule has 0 N–H and O–H groups in total. The van der Waals surface area contributed by atoms with Crippen molar-refractivity contribution in [3.8, 4) is 6.07 Å². The summed E-state index contributed by atoms with van der Waals surface area (Å²) in [5, 5.41) is 11.6. The number of aryl methyl sites for hydroxylation is 1. The molecule has 0 radical (unpaired) electrons. The van der Waals surface area contributed by atoms with Crippen molar-refractivity contribution >= 4 is 11.6 Å². The van der Waals surface area contributed by atoms with Crippen molar-refractivity contribution in [2.24, 2.45) is 0 Å². The molecular weight excluding hydrogens is 190 g/mol. The molecule has 0 saturated heterocycles. The molecule has 0 spiro atoms. The van der Waals surface area contributed by atoms with E-state index in [-0.39, 0.29) is 12.1 Å². The minimum absolute atomic E-state index is 0.124. The average molecular weight is 198 g/mol. The monoisotopic (exact) mass is 197 g/mol. The summed E-state index contributed by atoms with van der Waals surface area (Å²) in [6.07, 6.45) is 0. The second-order valence-electron chi connectivity index (χ2n) is 2.59. The average Bonchev–Trinajstić information content (AvgIpc) is 2.11. The molecule has 0 aliphatic rings. The van der Waals surface area contributed by atoms with Crippen LogP contribution in [-0.2, 0) is 6.54 Å². The van der Waals surface area contributed by atoms with Gasteiger partial charge in [0.2, 0.25) is 0 Å². The Morgan fingerprint density at radius 2 is 2.46 bits per heavy atom. The lowest BCUT2D eigenvalue weighted by molar-refractivity contribution is 0.584. The minimum atomic E-state index is -0.716. The van der Waals surface area contributed by atoms with Crippen molar-refractivity contribution < 1.29 is 0 Å². The Kier molecular flexibility index (Phi) is 3.04. The third-order valence-corrected chi connectivity index (χ3v) is 1.71. The molecule has 1 unspecified atom stereocenters. The van der Waals surface area contributed by atoms with Gasteiger partial charge in [0.25, 0.3) is 5.56 Å². The number of halogens is 1. The zero-order valence-electron chi connectivity index (χ0n) is 7.07. The fourth-order valence-corrected chi connectivity index (χ4v) is 1.01. The van der Waals surface area contributed by atoms with Gasteiger partial charge in [0.15, 0.2) is 0 Å². The molecule has 68 valence electrons. The Labute approximate surface area is 80.4 Å². The molecule has 0 amide bonds. The van der Waals surface area contributed by atoms with Crippen molar-refractivity contribution in [2.45, 2.75) is 18.8 Å². The van der Waals surface area contributed by atoms with Gasteiger partial charge in [-0.1, -0.05) is 0 Å². The van der Waals surface area contributed by atoms with E-state index in [1.807, 2.05) is 6.07 Å². The molecule has 0 aliphatic carbocycles. The Bertz CT molecular complexity index is 393. The zero-order valence-corrected chi connectivity index (χ0v) is 7.82. The summed E-state index contributed by atoms with van der Waals surface area (Å²) >= 11 is 5.56. The summed E-state index contributed by atoms with van der Waals surface area (Å²) in [6, 6.07) is 4.85. The Balaban J connectivity index is 2.95. The predicted molar refractivity (Wildman–Crippen MR) is 48.5 cm³/mol. The molecule has 1 aromatic heterocycles. The summed E-state index contributed by atoms with van der Waals surface area (Å²) in [5.74, 6) is 0. The molecule has 13 heavy (non-hydrogen) atoms. The van der Waals surface area contributed by atoms with Crippen LogP contribution < -0.4 is 5.56 Å². The number of hydrogen-bond acceptors (Lipinski definition) is 3. The van der Waals surface area contributed by atoms with Crippen molar-refractivity contribution in [3.63, 3.8) is 0 Å². The van der Waals surface area contributed by atoms with Crippen LogP contribution in [0.25, 0.3) is 0 Å². The molecular formula is C8H8ClN3O. The van der Waals surface area contributed by atoms with Crippen LogP contribution in [0.3, 0.4) is 0 Å². The fraction of sp³-hybridized carbons (Fsp3) is 0.375. The van der Waals surface area contributed by atoms with E-state index in [4.69, 9.17) is 16.9 Å². The van der Waals surface area contributed by atoms with Gasteiger partial charge in [0.05, 0.1) is 18.3 Å². The van der Waals surface area contributed by atoms with Crippen molar-refractivity contribution in [2.75, 3.05) is 0 Å². The SMILES string of the molecule is Cc1ccc(=O)n(CC(Cl)C#N)n1. The van der Waals surface area contributed by atoms with E-state index >= 15 is 0 Å². The van der Waals surface area contributed by atoms with Crippen molar-refractivity contribution in [1.82, 2.24) is 9.78 Å². The first kappa shape index (κ1) is 9.75. The van der Waals surface area contributed by atoms with Crippen molar-refractivity contribution in [1.29, 1.82) is 5.26 Å². The van der Waals surface area contributed by atoms with Gasteiger partial charge in [0.1, 0.15) is 5.38 Å². The van der Waals surface area contributed by atoms with Gasteiger partial charge < -0.3 is 0 Å². The van der Waals surface area contributed by atoms with E-state index in [2.05, 4.69) is 5.10 Å². The molecule has 5 heteroatoms. The highest BCUT2D eigenvalue weighted by atomic mass is 35.5. The van der Waals surface area contributed by atoms with Crippen LogP contribution in [0, 0.1) is 18.3 Å². The lowest BCUT2D eigenvalue weighted by Gasteiger charge is -2.03. The maximum Gasteiger partial charge on any atom is 0.266 e. The van der Waals surface area contributed by atoms with Crippen LogP contribution in [0.2, 0.25) is 0 Å². The highest BCUT2D eigenvalue weighted by Gasteiger charge is 2.05. The van der Waals surface area contributed by atoms with Gasteiger partial charge in [0, 0.05) is 6.07 Å². The maximum absolute atomic E-state index is 11.2. The summed E-state index contributed by atoms with van der Waals surface area (Å²) in [4.78, 5) is 11.2. The highest BCUT2D eigenvalue weighted by Crippen LogP contribution is 1.95. The normalized spacial score (nSPS) is 12.1. The minimum Gasteiger partial charge on any atom is -0.268 e. The van der Waals surface area contributed by atoms with Gasteiger partial charge >= 0.3 is 0 Å². The molecule has 0 fully saturated rings. The smallest absolute Gasteiger partial charge is 0.266 e. The molecule has 0 bridgehead atoms. The number of rotatable bonds is 2. The van der Waals surface area contributed by atoms with E-state index < -0.39 is 5.38 Å². The van der Waals surface area contributed by atoms with Crippen LogP contribution in [0.5, 0.6) is 0 Å². The molecule has 0 saturated carbocycles. The second-order valence-corrected chi connectivity index (χ2v) is 3.12. The Morgan fingerprint density at radius 1 is 1.77 bits per heavy atom. The van der Waals surface area contributed by atoms with Crippen molar-refractivity contribution in [3.05, 3.63) is 28.2 Å². The van der Waals surface area contributed by atoms with Gasteiger partial charge in [-0.3, -0.25) is 4.79 Å². The molecule has 1 rings (SSSR count). The standard InChI is InChI=1S/C8H8ClN3O/c1-6-2-3-8(13)12(11-6)5-7(9)4-10/h2-3,7H,5H2,1H3. The van der Waals surface area contributed by atoms with Gasteiger partial charge in [-0.05, 0) is 13.0 Å². The molecule has 0 aliphatic heterocycles. The molecule has 4 nitrogen and oxygen atoms in total. The Hall–Kier alpha value is -1.34. The van der Waals surface area contributed by atoms with E-state index in [0.29, 0.717) is 0 Å². The van der Waals surface area contributed by atoms with E-state index in [1.165, 1.54) is 10.7 Å². The topological polar surface area (TPSA) is 58.7 Å². The summed E-state index contributed by atoms with van der Waals surface area (Å²) in [6.45, 7) is 1.89. The van der Waals surface area contributed by atoms with Crippen LogP contribution in [-0.4, -0.2) is 15.2 Å². The summed E-state index contributed by atoms with van der Waals surface area (Å²) in [7, 11) is 0. The third-order valence-electron chi connectivity index (χ3n) is 1.47. The number of hydrogen-bond donors (Lipinski definition) is 0. The lowest BCUT2D eigenvalue weighted by atomic mass is 10.4. The first-order chi connectivity index (χ1) is 6.13. The molecule has 1 aromatic rings. The molecule has 1 heterocycles. The van der Waals surface area contributed by atoms with Gasteiger partial charge in [-0.2, -0.15) is 10.4 Å². The fourth-order valence-electron chi connectivity index (χ4n) is 0.874. The zero-order chi connectivity index (χ0) is 9.84. The number of alkyl halides is 1. The van der Waals surface area contributed by atoms with E-state index in [9.17, 15) is 4.79 Å². The molecule has 0 aromatic carbocycles. The van der Waals surface area contributed by atoms with Gasteiger partial charge in [-0.25, -0.2) is 4.68 Å². The maximum atomic E-state index is 11.2. The van der Waals surface area contributed by atoms with Crippen LogP contribution in [0.4, 0.5) is 0 Å². The predicted octanol–water partition coefficient (Wildman–Crippen LogP) is 0.683. The summed E-state index contributed by atoms with van der Waals surface area (Å²) in [5.41, 5.74) is 0.480. The van der Waals surface area contributed by atoms with E-state index in [0.717, 1.165) is 5.69 Å². The first-order valence-corrected chi connectivity index (χ1v) is 4.15. The van der Waals surface area contributed by atoms with Crippen LogP contribution in [0.15, 0.2) is 16.9 Å². The van der Waals surface area contributed by atoms with Crippen LogP contribution >= 0.6 is 11.6 Å². The largest absolute Gasteiger partial charge is 0.268 e. The summed E-state index contributed by atoms with van der Waals surface area (Å²) < 4.78 is 1.19. The Morgan fingerprint density at radius 3 is 3.08 bits per heavy atom. The van der Waals surface area contributed by atoms with Crippen LogP contribution in [0.1, 0.15) is 5.69 Å². The lowest BCUT2D eigenvalue weighted by Crippen LogP contribution is -2.26. The number of nitriles is 1. The van der Waals surface area contributed by atoms with E-state index in [1.54, 1.807) is 13.0 Å². The third kappa shape index (κ3) is 2.56. The van der Waals surface area contributed by atoms with Gasteiger partial charge in [-0.15, -0.1) is 11.6 Å². The second kappa shape index (κ2) is 4.06. The quantitative estimate of drug-likeness (QED) is 0.656.